The van der Waals surface area contributed by atoms with E-state index >= 15 is 0 Å². The van der Waals surface area contributed by atoms with E-state index in [9.17, 15) is 13.5 Å². The third-order valence-electron chi connectivity index (χ3n) is 4.06. The van der Waals surface area contributed by atoms with Crippen molar-refractivity contribution in [2.75, 3.05) is 33.8 Å². The summed E-state index contributed by atoms with van der Waals surface area (Å²) in [6.45, 7) is 0.788. The van der Waals surface area contributed by atoms with Crippen molar-refractivity contribution < 1.29 is 13.5 Å². The van der Waals surface area contributed by atoms with Crippen molar-refractivity contribution in [3.8, 4) is 0 Å². The molecule has 1 aliphatic heterocycles. The largest absolute Gasteiger partial charge is 0.396 e. The van der Waals surface area contributed by atoms with Gasteiger partial charge >= 0.3 is 0 Å². The van der Waals surface area contributed by atoms with Gasteiger partial charge in [0.05, 0.1) is 6.33 Å². The topological polar surface area (TPSA) is 78.7 Å². The summed E-state index contributed by atoms with van der Waals surface area (Å²) in [5, 5.41) is 9.51. The Balaban J connectivity index is 2.29. The van der Waals surface area contributed by atoms with Crippen LogP contribution in [-0.4, -0.2) is 72.1 Å². The van der Waals surface area contributed by atoms with Crippen molar-refractivity contribution in [2.24, 2.45) is 13.0 Å². The Morgan fingerprint density at radius 1 is 1.38 bits per heavy atom. The predicted octanol–water partition coefficient (Wildman–Crippen LogP) is -0.257. The number of hydrogen-bond donors (Lipinski definition) is 1. The second kappa shape index (κ2) is 6.43. The van der Waals surface area contributed by atoms with Gasteiger partial charge in [-0.2, -0.15) is 4.31 Å². The summed E-state index contributed by atoms with van der Waals surface area (Å²) in [5.41, 5.74) is 0. The standard InChI is InChI=1S/C13H24N4O3S/c1-15(2)12-5-4-11(9-18)6-17(7-12)21(19,20)13-8-16(3)10-14-13/h8,10-12,18H,4-7,9H2,1-3H3/t11-,12+/m0/s1. The van der Waals surface area contributed by atoms with Crippen molar-refractivity contribution >= 4 is 10.0 Å². The number of aliphatic hydroxyl groups is 1. The van der Waals surface area contributed by atoms with Crippen LogP contribution < -0.4 is 0 Å². The molecule has 0 aliphatic carbocycles. The Hall–Kier alpha value is -0.960. The van der Waals surface area contributed by atoms with Crippen LogP contribution in [0.4, 0.5) is 0 Å². The number of imidazole rings is 1. The van der Waals surface area contributed by atoms with Gasteiger partial charge in [-0.15, -0.1) is 0 Å². The highest BCUT2D eigenvalue weighted by Gasteiger charge is 2.34. The molecular weight excluding hydrogens is 292 g/mol. The maximum atomic E-state index is 12.7. The molecule has 1 aromatic rings. The molecule has 0 bridgehead atoms. The van der Waals surface area contributed by atoms with E-state index in [-0.39, 0.29) is 23.6 Å². The average molecular weight is 316 g/mol. The van der Waals surface area contributed by atoms with Gasteiger partial charge < -0.3 is 14.6 Å². The number of aliphatic hydroxyl groups excluding tert-OH is 1. The molecule has 1 N–H and O–H groups in total. The van der Waals surface area contributed by atoms with Gasteiger partial charge in [-0.3, -0.25) is 0 Å². The summed E-state index contributed by atoms with van der Waals surface area (Å²) in [4.78, 5) is 6.01. The Kier molecular flexibility index (Phi) is 5.03. The van der Waals surface area contributed by atoms with Crippen LogP contribution in [0.25, 0.3) is 0 Å². The fourth-order valence-corrected chi connectivity index (χ4v) is 4.15. The highest BCUT2D eigenvalue weighted by molar-refractivity contribution is 7.89. The van der Waals surface area contributed by atoms with Crippen LogP contribution in [0.2, 0.25) is 0 Å². The smallest absolute Gasteiger partial charge is 0.262 e. The fourth-order valence-electron chi connectivity index (χ4n) is 2.63. The molecule has 2 rings (SSSR count). The molecule has 1 aromatic heterocycles. The highest BCUT2D eigenvalue weighted by Crippen LogP contribution is 2.24. The second-order valence-corrected chi connectivity index (χ2v) is 7.83. The van der Waals surface area contributed by atoms with Crippen LogP contribution in [0.5, 0.6) is 0 Å². The molecule has 2 heterocycles. The lowest BCUT2D eigenvalue weighted by molar-refractivity contribution is 0.204. The molecule has 0 aromatic carbocycles. The number of sulfonamides is 1. The van der Waals surface area contributed by atoms with Gasteiger partial charge in [0.1, 0.15) is 0 Å². The summed E-state index contributed by atoms with van der Waals surface area (Å²) in [7, 11) is 2.04. The number of aryl methyl sites for hydroxylation is 1. The first kappa shape index (κ1) is 16.4. The van der Waals surface area contributed by atoms with Crippen molar-refractivity contribution in [3.05, 3.63) is 12.5 Å². The van der Waals surface area contributed by atoms with Crippen LogP contribution >= 0.6 is 0 Å². The molecule has 120 valence electrons. The minimum Gasteiger partial charge on any atom is -0.396 e. The first-order valence-electron chi connectivity index (χ1n) is 7.10. The molecule has 0 amide bonds. The van der Waals surface area contributed by atoms with Gasteiger partial charge in [-0.25, -0.2) is 13.4 Å². The molecule has 0 unspecified atom stereocenters. The van der Waals surface area contributed by atoms with Crippen LogP contribution in [0, 0.1) is 5.92 Å². The molecule has 0 saturated carbocycles. The molecule has 7 nitrogen and oxygen atoms in total. The van der Waals surface area contributed by atoms with E-state index in [4.69, 9.17) is 0 Å². The second-order valence-electron chi connectivity index (χ2n) is 5.94. The van der Waals surface area contributed by atoms with E-state index in [2.05, 4.69) is 4.98 Å². The molecule has 21 heavy (non-hydrogen) atoms. The van der Waals surface area contributed by atoms with E-state index < -0.39 is 10.0 Å². The zero-order chi connectivity index (χ0) is 15.6. The molecule has 8 heteroatoms. The molecule has 0 spiro atoms. The summed E-state index contributed by atoms with van der Waals surface area (Å²) in [5.74, 6) is -0.0200. The Morgan fingerprint density at radius 3 is 2.62 bits per heavy atom. The van der Waals surface area contributed by atoms with Crippen molar-refractivity contribution in [1.82, 2.24) is 18.8 Å². The van der Waals surface area contributed by atoms with Crippen molar-refractivity contribution in [2.45, 2.75) is 23.9 Å². The highest BCUT2D eigenvalue weighted by atomic mass is 32.2. The van der Waals surface area contributed by atoms with Gasteiger partial charge in [-0.1, -0.05) is 0 Å². The molecule has 1 aliphatic rings. The summed E-state index contributed by atoms with van der Waals surface area (Å²) in [6, 6.07) is 0.153. The lowest BCUT2D eigenvalue weighted by atomic mass is 10.0. The van der Waals surface area contributed by atoms with E-state index in [1.165, 1.54) is 16.8 Å². The Bertz CT molecular complexity index is 570. The SMILES string of the molecule is CN(C)[C@@H]1CC[C@H](CO)CN(S(=O)(=O)c2cn(C)cn2)C1. The number of rotatable bonds is 4. The molecule has 1 saturated heterocycles. The fraction of sp³-hybridized carbons (Fsp3) is 0.769. The van der Waals surface area contributed by atoms with Crippen molar-refractivity contribution in [1.29, 1.82) is 0 Å². The summed E-state index contributed by atoms with van der Waals surface area (Å²) in [6.07, 6.45) is 4.70. The van der Waals surface area contributed by atoms with E-state index in [1.54, 1.807) is 11.6 Å². The van der Waals surface area contributed by atoms with Gasteiger partial charge in [0, 0.05) is 39.0 Å². The van der Waals surface area contributed by atoms with Gasteiger partial charge in [0.25, 0.3) is 10.0 Å². The van der Waals surface area contributed by atoms with Crippen molar-refractivity contribution in [3.63, 3.8) is 0 Å². The quantitative estimate of drug-likeness (QED) is 0.828. The number of hydrogen-bond acceptors (Lipinski definition) is 5. The average Bonchev–Trinajstić information content (AvgIpc) is 2.75. The van der Waals surface area contributed by atoms with E-state index in [1.807, 2.05) is 19.0 Å². The first-order chi connectivity index (χ1) is 9.84. The van der Waals surface area contributed by atoms with Gasteiger partial charge in [0.2, 0.25) is 0 Å². The third kappa shape index (κ3) is 3.63. The van der Waals surface area contributed by atoms with Crippen LogP contribution in [-0.2, 0) is 17.1 Å². The van der Waals surface area contributed by atoms with Crippen LogP contribution in [0.15, 0.2) is 17.6 Å². The third-order valence-corrected chi connectivity index (χ3v) is 5.78. The zero-order valence-corrected chi connectivity index (χ0v) is 13.6. The first-order valence-corrected chi connectivity index (χ1v) is 8.54. The minimum atomic E-state index is -3.61. The molecule has 0 radical (unpaired) electrons. The minimum absolute atomic E-state index is 0.00832. The van der Waals surface area contributed by atoms with Crippen LogP contribution in [0.1, 0.15) is 12.8 Å². The number of likely N-dealkylation sites (N-methyl/N-ethyl adjacent to an activating group) is 1. The summed E-state index contributed by atoms with van der Waals surface area (Å²) >= 11 is 0. The lowest BCUT2D eigenvalue weighted by Gasteiger charge is -2.27. The number of aromatic nitrogens is 2. The Morgan fingerprint density at radius 2 is 2.10 bits per heavy atom. The normalized spacial score (nSPS) is 25.2. The van der Waals surface area contributed by atoms with Gasteiger partial charge in [0.15, 0.2) is 5.03 Å². The number of nitrogens with zero attached hydrogens (tertiary/aromatic N) is 4. The van der Waals surface area contributed by atoms with Gasteiger partial charge in [-0.05, 0) is 32.9 Å². The van der Waals surface area contributed by atoms with E-state index in [0.29, 0.717) is 13.1 Å². The van der Waals surface area contributed by atoms with E-state index in [0.717, 1.165) is 12.8 Å². The van der Waals surface area contributed by atoms with Crippen LogP contribution in [0.3, 0.4) is 0 Å². The maximum Gasteiger partial charge on any atom is 0.262 e. The monoisotopic (exact) mass is 316 g/mol. The summed E-state index contributed by atoms with van der Waals surface area (Å²) < 4.78 is 28.6. The maximum absolute atomic E-state index is 12.7. The molecule has 1 fully saturated rings. The predicted molar refractivity (Wildman–Crippen MR) is 79.3 cm³/mol. The lowest BCUT2D eigenvalue weighted by Crippen LogP contribution is -2.42. The molecule has 2 atom stereocenters. The molecular formula is C13H24N4O3S. The zero-order valence-electron chi connectivity index (χ0n) is 12.8. The Labute approximate surface area is 126 Å².